The van der Waals surface area contributed by atoms with Gasteiger partial charge in [-0.15, -0.1) is 0 Å². The fraction of sp³-hybridized carbons (Fsp3) is 0.963. The number of ether oxygens (including phenoxy) is 1. The van der Waals surface area contributed by atoms with Crippen LogP contribution in [0.3, 0.4) is 0 Å². The Labute approximate surface area is 180 Å². The fourth-order valence-electron chi connectivity index (χ4n) is 6.81. The van der Waals surface area contributed by atoms with Gasteiger partial charge in [-0.3, -0.25) is 4.79 Å². The van der Waals surface area contributed by atoms with Crippen LogP contribution < -0.4 is 0 Å². The predicted octanol–water partition coefficient (Wildman–Crippen LogP) is 8.08. The van der Waals surface area contributed by atoms with Gasteiger partial charge in [-0.25, -0.2) is 0 Å². The monoisotopic (exact) mass is 404 g/mol. The van der Waals surface area contributed by atoms with Gasteiger partial charge in [0.1, 0.15) is 6.10 Å². The van der Waals surface area contributed by atoms with Gasteiger partial charge in [-0.1, -0.05) is 52.4 Å². The quantitative estimate of drug-likeness (QED) is 0.363. The summed E-state index contributed by atoms with van der Waals surface area (Å²) < 4.78 is 5.83. The zero-order valence-electron chi connectivity index (χ0n) is 19.5. The molecule has 2 nitrogen and oxygen atoms in total. The SMILES string of the molecule is CCCCC(=O)O[C@@H]1CCC[C@H](C2CCC(C3CCC(CCCC)CC3)CC2)C1. The molecule has 0 heterocycles. The minimum absolute atomic E-state index is 0.0516. The lowest BCUT2D eigenvalue weighted by Gasteiger charge is -2.41. The molecule has 0 aromatic rings. The van der Waals surface area contributed by atoms with Gasteiger partial charge in [0.2, 0.25) is 0 Å². The molecule has 0 spiro atoms. The molecule has 2 heteroatoms. The van der Waals surface area contributed by atoms with E-state index >= 15 is 0 Å². The third-order valence-corrected chi connectivity index (χ3v) is 8.71. The summed E-state index contributed by atoms with van der Waals surface area (Å²) in [5.74, 6) is 4.87. The van der Waals surface area contributed by atoms with Gasteiger partial charge in [-0.05, 0) is 100 Å². The van der Waals surface area contributed by atoms with E-state index in [0.717, 1.165) is 55.3 Å². The Bertz CT molecular complexity index is 457. The fourth-order valence-corrected chi connectivity index (χ4v) is 6.81. The van der Waals surface area contributed by atoms with E-state index < -0.39 is 0 Å². The first kappa shape index (κ1) is 23.1. The second-order valence-electron chi connectivity index (χ2n) is 10.7. The molecule has 3 aliphatic rings. The molecule has 0 amide bonds. The van der Waals surface area contributed by atoms with Crippen molar-refractivity contribution in [3.05, 3.63) is 0 Å². The number of carbonyl (C=O) groups is 1. The molecule has 0 N–H and O–H groups in total. The van der Waals surface area contributed by atoms with Crippen molar-refractivity contribution in [1.82, 2.24) is 0 Å². The van der Waals surface area contributed by atoms with Crippen molar-refractivity contribution < 1.29 is 9.53 Å². The second-order valence-corrected chi connectivity index (χ2v) is 10.7. The van der Waals surface area contributed by atoms with Gasteiger partial charge >= 0.3 is 5.97 Å². The van der Waals surface area contributed by atoms with E-state index in [-0.39, 0.29) is 12.1 Å². The lowest BCUT2D eigenvalue weighted by molar-refractivity contribution is -0.152. The smallest absolute Gasteiger partial charge is 0.306 e. The van der Waals surface area contributed by atoms with Crippen molar-refractivity contribution in [1.29, 1.82) is 0 Å². The number of hydrogen-bond donors (Lipinski definition) is 0. The maximum Gasteiger partial charge on any atom is 0.306 e. The molecule has 0 unspecified atom stereocenters. The highest BCUT2D eigenvalue weighted by molar-refractivity contribution is 5.69. The van der Waals surface area contributed by atoms with E-state index in [2.05, 4.69) is 13.8 Å². The standard InChI is InChI=1S/C27H48O2/c1-3-5-8-21-12-14-22(15-13-21)23-16-18-24(19-17-23)25-9-7-10-26(20-25)29-27(28)11-6-4-2/h21-26H,3-20H2,1-2H3/t21?,22?,23?,24?,25-,26+/m0/s1. The molecule has 0 bridgehead atoms. The first-order valence-corrected chi connectivity index (χ1v) is 13.4. The summed E-state index contributed by atoms with van der Waals surface area (Å²) in [6, 6.07) is 0. The van der Waals surface area contributed by atoms with Crippen LogP contribution >= 0.6 is 0 Å². The van der Waals surface area contributed by atoms with Crippen molar-refractivity contribution in [3.63, 3.8) is 0 Å². The summed E-state index contributed by atoms with van der Waals surface area (Å²) >= 11 is 0. The van der Waals surface area contributed by atoms with Crippen molar-refractivity contribution >= 4 is 5.97 Å². The molecule has 0 aliphatic heterocycles. The highest BCUT2D eigenvalue weighted by atomic mass is 16.5. The average Bonchev–Trinajstić information content (AvgIpc) is 2.77. The second kappa shape index (κ2) is 12.4. The molecule has 0 saturated heterocycles. The number of hydrogen-bond acceptors (Lipinski definition) is 2. The summed E-state index contributed by atoms with van der Waals surface area (Å²) in [5.41, 5.74) is 0. The topological polar surface area (TPSA) is 26.3 Å². The number of rotatable bonds is 9. The summed E-state index contributed by atoms with van der Waals surface area (Å²) in [4.78, 5) is 12.0. The van der Waals surface area contributed by atoms with E-state index in [9.17, 15) is 4.79 Å². The Morgan fingerprint density at radius 1 is 0.724 bits per heavy atom. The zero-order valence-corrected chi connectivity index (χ0v) is 19.5. The zero-order chi connectivity index (χ0) is 20.5. The lowest BCUT2D eigenvalue weighted by Crippen LogP contribution is -2.32. The third-order valence-electron chi connectivity index (χ3n) is 8.71. The molecule has 0 aromatic heterocycles. The van der Waals surface area contributed by atoms with Crippen LogP contribution in [0.4, 0.5) is 0 Å². The van der Waals surface area contributed by atoms with E-state index in [0.29, 0.717) is 6.42 Å². The molecule has 3 fully saturated rings. The third kappa shape index (κ3) is 7.28. The maximum atomic E-state index is 12.0. The number of carbonyl (C=O) groups excluding carboxylic acids is 1. The average molecular weight is 405 g/mol. The first-order chi connectivity index (χ1) is 14.2. The maximum absolute atomic E-state index is 12.0. The van der Waals surface area contributed by atoms with Gasteiger partial charge in [0.15, 0.2) is 0 Å². The Morgan fingerprint density at radius 2 is 1.31 bits per heavy atom. The molecule has 29 heavy (non-hydrogen) atoms. The van der Waals surface area contributed by atoms with Crippen LogP contribution in [0.15, 0.2) is 0 Å². The van der Waals surface area contributed by atoms with E-state index in [4.69, 9.17) is 4.74 Å². The van der Waals surface area contributed by atoms with Crippen molar-refractivity contribution in [2.24, 2.45) is 29.6 Å². The van der Waals surface area contributed by atoms with Gasteiger partial charge in [0.05, 0.1) is 0 Å². The molecule has 3 saturated carbocycles. The van der Waals surface area contributed by atoms with Crippen LogP contribution in [-0.4, -0.2) is 12.1 Å². The molecule has 2 atom stereocenters. The highest BCUT2D eigenvalue weighted by Crippen LogP contribution is 2.46. The van der Waals surface area contributed by atoms with Crippen LogP contribution in [0.25, 0.3) is 0 Å². The predicted molar refractivity (Wildman–Crippen MR) is 122 cm³/mol. The normalized spacial score (nSPS) is 35.9. The van der Waals surface area contributed by atoms with E-state index in [1.54, 1.807) is 0 Å². The van der Waals surface area contributed by atoms with Gasteiger partial charge in [0.25, 0.3) is 0 Å². The van der Waals surface area contributed by atoms with E-state index in [1.807, 2.05) is 0 Å². The van der Waals surface area contributed by atoms with Crippen molar-refractivity contribution in [2.75, 3.05) is 0 Å². The molecule has 3 aliphatic carbocycles. The van der Waals surface area contributed by atoms with Crippen molar-refractivity contribution in [3.8, 4) is 0 Å². The van der Waals surface area contributed by atoms with Gasteiger partial charge in [-0.2, -0.15) is 0 Å². The first-order valence-electron chi connectivity index (χ1n) is 13.4. The van der Waals surface area contributed by atoms with Crippen LogP contribution in [0.5, 0.6) is 0 Å². The number of esters is 1. The molecule has 168 valence electrons. The van der Waals surface area contributed by atoms with E-state index in [1.165, 1.54) is 83.5 Å². The largest absolute Gasteiger partial charge is 0.462 e. The number of unbranched alkanes of at least 4 members (excludes halogenated alkanes) is 2. The summed E-state index contributed by atoms with van der Waals surface area (Å²) in [7, 11) is 0. The lowest BCUT2D eigenvalue weighted by atomic mass is 9.65. The molecule has 0 radical (unpaired) electrons. The van der Waals surface area contributed by atoms with Crippen LogP contribution in [-0.2, 0) is 9.53 Å². The molecular formula is C27H48O2. The Hall–Kier alpha value is -0.530. The van der Waals surface area contributed by atoms with Gasteiger partial charge < -0.3 is 4.74 Å². The Balaban J connectivity index is 1.36. The molecular weight excluding hydrogens is 356 g/mol. The highest BCUT2D eigenvalue weighted by Gasteiger charge is 2.35. The Morgan fingerprint density at radius 3 is 1.93 bits per heavy atom. The molecule has 3 rings (SSSR count). The Kier molecular flexibility index (Phi) is 9.86. The summed E-state index contributed by atoms with van der Waals surface area (Å²) in [5, 5.41) is 0. The van der Waals surface area contributed by atoms with Crippen LogP contribution in [0.2, 0.25) is 0 Å². The van der Waals surface area contributed by atoms with Crippen LogP contribution in [0, 0.1) is 29.6 Å². The minimum Gasteiger partial charge on any atom is -0.462 e. The van der Waals surface area contributed by atoms with Crippen LogP contribution in [0.1, 0.15) is 129 Å². The summed E-state index contributed by atoms with van der Waals surface area (Å²) in [6.07, 6.45) is 24.0. The summed E-state index contributed by atoms with van der Waals surface area (Å²) in [6.45, 7) is 4.47. The van der Waals surface area contributed by atoms with Gasteiger partial charge in [0, 0.05) is 6.42 Å². The minimum atomic E-state index is 0.0516. The van der Waals surface area contributed by atoms with Crippen molar-refractivity contribution in [2.45, 2.75) is 136 Å². The molecule has 0 aromatic carbocycles.